The Balaban J connectivity index is 2.05. The second kappa shape index (κ2) is 7.88. The number of carbonyl (C=O) groups is 2. The lowest BCUT2D eigenvalue weighted by Crippen LogP contribution is -2.15. The molecule has 2 N–H and O–H groups in total. The topological polar surface area (TPSA) is 66.4 Å². The number of hydrogen-bond acceptors (Lipinski definition) is 2. The van der Waals surface area contributed by atoms with E-state index in [-0.39, 0.29) is 17.9 Å². The maximum Gasteiger partial charge on any atom is 0.310 e. The third kappa shape index (κ3) is 4.86. The van der Waals surface area contributed by atoms with Gasteiger partial charge in [0, 0.05) is 18.2 Å². The van der Waals surface area contributed by atoms with Crippen LogP contribution in [0.4, 0.5) is 14.5 Å². The zero-order valence-electron chi connectivity index (χ0n) is 13.9. The molecule has 0 saturated heterocycles. The van der Waals surface area contributed by atoms with Crippen LogP contribution in [0.3, 0.4) is 0 Å². The molecule has 0 fully saturated rings. The Bertz CT molecular complexity index is 792. The Morgan fingerprint density at radius 1 is 1.12 bits per heavy atom. The molecule has 0 spiro atoms. The summed E-state index contributed by atoms with van der Waals surface area (Å²) in [6, 6.07) is 9.86. The fraction of sp³-hybridized carbons (Fsp3) is 0.263. The Morgan fingerprint density at radius 2 is 1.84 bits per heavy atom. The van der Waals surface area contributed by atoms with Gasteiger partial charge in [-0.3, -0.25) is 9.59 Å². The SMILES string of the molecule is CC(CC(=O)Nc1cccc(C(C)C(=O)O)c1)c1ccc(F)cc1F. The first-order chi connectivity index (χ1) is 11.8. The van der Waals surface area contributed by atoms with Crippen LogP contribution in [-0.2, 0) is 9.59 Å². The first-order valence-corrected chi connectivity index (χ1v) is 7.85. The molecular formula is C19H19F2NO3. The van der Waals surface area contributed by atoms with Crippen molar-refractivity contribution in [3.63, 3.8) is 0 Å². The maximum atomic E-state index is 13.8. The van der Waals surface area contributed by atoms with Crippen molar-refractivity contribution in [3.8, 4) is 0 Å². The molecule has 6 heteroatoms. The van der Waals surface area contributed by atoms with Gasteiger partial charge in [-0.25, -0.2) is 8.78 Å². The number of nitrogens with one attached hydrogen (secondary N) is 1. The Morgan fingerprint density at radius 3 is 2.48 bits per heavy atom. The van der Waals surface area contributed by atoms with E-state index in [4.69, 9.17) is 5.11 Å². The molecule has 0 aromatic heterocycles. The zero-order valence-corrected chi connectivity index (χ0v) is 13.9. The highest BCUT2D eigenvalue weighted by atomic mass is 19.1. The van der Waals surface area contributed by atoms with Gasteiger partial charge in [0.05, 0.1) is 5.92 Å². The molecule has 0 bridgehead atoms. The van der Waals surface area contributed by atoms with Crippen LogP contribution in [0.5, 0.6) is 0 Å². The number of anilines is 1. The van der Waals surface area contributed by atoms with Gasteiger partial charge in [0.25, 0.3) is 0 Å². The normalized spacial score (nSPS) is 13.1. The molecule has 132 valence electrons. The molecule has 0 radical (unpaired) electrons. The van der Waals surface area contributed by atoms with E-state index in [2.05, 4.69) is 5.32 Å². The average Bonchev–Trinajstić information content (AvgIpc) is 2.53. The molecule has 2 unspecified atom stereocenters. The number of carboxylic acid groups (broad SMARTS) is 1. The monoisotopic (exact) mass is 347 g/mol. The first-order valence-electron chi connectivity index (χ1n) is 7.85. The minimum Gasteiger partial charge on any atom is -0.481 e. The van der Waals surface area contributed by atoms with Gasteiger partial charge in [-0.1, -0.05) is 25.1 Å². The molecule has 0 aliphatic heterocycles. The number of amides is 1. The number of carbonyl (C=O) groups excluding carboxylic acids is 1. The van der Waals surface area contributed by atoms with E-state index in [1.165, 1.54) is 6.07 Å². The predicted molar refractivity (Wildman–Crippen MR) is 90.5 cm³/mol. The van der Waals surface area contributed by atoms with Crippen molar-refractivity contribution < 1.29 is 23.5 Å². The fourth-order valence-corrected chi connectivity index (χ4v) is 2.53. The first kappa shape index (κ1) is 18.6. The third-order valence-electron chi connectivity index (χ3n) is 4.03. The van der Waals surface area contributed by atoms with Gasteiger partial charge in [0.15, 0.2) is 0 Å². The highest BCUT2D eigenvalue weighted by Crippen LogP contribution is 2.24. The third-order valence-corrected chi connectivity index (χ3v) is 4.03. The molecule has 0 heterocycles. The Kier molecular flexibility index (Phi) is 5.85. The van der Waals surface area contributed by atoms with Crippen molar-refractivity contribution in [1.29, 1.82) is 0 Å². The smallest absolute Gasteiger partial charge is 0.310 e. The molecule has 2 rings (SSSR count). The largest absolute Gasteiger partial charge is 0.481 e. The van der Waals surface area contributed by atoms with Gasteiger partial charge in [-0.05, 0) is 42.2 Å². The summed E-state index contributed by atoms with van der Waals surface area (Å²) in [5.41, 5.74) is 1.31. The van der Waals surface area contributed by atoms with Crippen molar-refractivity contribution in [2.24, 2.45) is 0 Å². The molecule has 0 aliphatic rings. The predicted octanol–water partition coefficient (Wildman–Crippen LogP) is 4.29. The molecule has 4 nitrogen and oxygen atoms in total. The molecule has 1 amide bonds. The summed E-state index contributed by atoms with van der Waals surface area (Å²) in [5, 5.41) is 11.7. The van der Waals surface area contributed by atoms with E-state index in [9.17, 15) is 18.4 Å². The number of carboxylic acids is 1. The highest BCUT2D eigenvalue weighted by molar-refractivity contribution is 5.91. The standard InChI is InChI=1S/C19H19F2NO3/c1-11(16-7-6-14(20)10-17(16)21)8-18(23)22-15-5-3-4-13(9-15)12(2)19(24)25/h3-7,9-12H,8H2,1-2H3,(H,22,23)(H,24,25). The van der Waals surface area contributed by atoms with Crippen molar-refractivity contribution in [2.75, 3.05) is 5.32 Å². The van der Waals surface area contributed by atoms with Crippen molar-refractivity contribution in [1.82, 2.24) is 0 Å². The maximum absolute atomic E-state index is 13.8. The molecule has 25 heavy (non-hydrogen) atoms. The number of halogens is 2. The van der Waals surface area contributed by atoms with Crippen LogP contribution in [0.15, 0.2) is 42.5 Å². The molecular weight excluding hydrogens is 328 g/mol. The van der Waals surface area contributed by atoms with Gasteiger partial charge in [-0.15, -0.1) is 0 Å². The van der Waals surface area contributed by atoms with Gasteiger partial charge in [0.2, 0.25) is 5.91 Å². The molecule has 2 aromatic rings. The minimum atomic E-state index is -0.955. The average molecular weight is 347 g/mol. The summed E-state index contributed by atoms with van der Waals surface area (Å²) >= 11 is 0. The highest BCUT2D eigenvalue weighted by Gasteiger charge is 2.17. The minimum absolute atomic E-state index is 0.0151. The van der Waals surface area contributed by atoms with E-state index >= 15 is 0 Å². The van der Waals surface area contributed by atoms with Crippen LogP contribution in [0.1, 0.15) is 43.2 Å². The molecule has 2 atom stereocenters. The van der Waals surface area contributed by atoms with Crippen LogP contribution in [-0.4, -0.2) is 17.0 Å². The van der Waals surface area contributed by atoms with Crippen LogP contribution >= 0.6 is 0 Å². The Labute approximate surface area is 144 Å². The van der Waals surface area contributed by atoms with Crippen LogP contribution in [0.2, 0.25) is 0 Å². The van der Waals surface area contributed by atoms with Crippen LogP contribution < -0.4 is 5.32 Å². The summed E-state index contributed by atoms with van der Waals surface area (Å²) in [6.07, 6.45) is 0.0151. The summed E-state index contributed by atoms with van der Waals surface area (Å²) in [6.45, 7) is 3.24. The van der Waals surface area contributed by atoms with Crippen molar-refractivity contribution >= 4 is 17.6 Å². The molecule has 0 aliphatic carbocycles. The number of rotatable bonds is 6. The van der Waals surface area contributed by atoms with Crippen LogP contribution in [0, 0.1) is 11.6 Å². The number of hydrogen-bond donors (Lipinski definition) is 2. The van der Waals surface area contributed by atoms with E-state index < -0.39 is 29.4 Å². The van der Waals surface area contributed by atoms with Crippen LogP contribution in [0.25, 0.3) is 0 Å². The quantitative estimate of drug-likeness (QED) is 0.819. The fourth-order valence-electron chi connectivity index (χ4n) is 2.53. The van der Waals surface area contributed by atoms with E-state index in [0.717, 1.165) is 12.1 Å². The second-order valence-corrected chi connectivity index (χ2v) is 6.00. The molecule has 0 saturated carbocycles. The van der Waals surface area contributed by atoms with Gasteiger partial charge >= 0.3 is 5.97 Å². The number of benzene rings is 2. The molecule has 2 aromatic carbocycles. The lowest BCUT2D eigenvalue weighted by Gasteiger charge is -2.14. The van der Waals surface area contributed by atoms with Crippen molar-refractivity contribution in [3.05, 3.63) is 65.2 Å². The van der Waals surface area contributed by atoms with E-state index in [1.807, 2.05) is 0 Å². The van der Waals surface area contributed by atoms with Gasteiger partial charge in [0.1, 0.15) is 11.6 Å². The summed E-state index contributed by atoms with van der Waals surface area (Å²) in [5.74, 6) is -3.76. The van der Waals surface area contributed by atoms with Gasteiger partial charge < -0.3 is 10.4 Å². The Hall–Kier alpha value is -2.76. The van der Waals surface area contributed by atoms with Crippen molar-refractivity contribution in [2.45, 2.75) is 32.1 Å². The van der Waals surface area contributed by atoms with E-state index in [0.29, 0.717) is 11.3 Å². The number of aliphatic carboxylic acids is 1. The van der Waals surface area contributed by atoms with E-state index in [1.54, 1.807) is 38.1 Å². The lowest BCUT2D eigenvalue weighted by atomic mass is 9.96. The summed E-state index contributed by atoms with van der Waals surface area (Å²) < 4.78 is 26.7. The summed E-state index contributed by atoms with van der Waals surface area (Å²) in [7, 11) is 0. The van der Waals surface area contributed by atoms with Gasteiger partial charge in [-0.2, -0.15) is 0 Å². The lowest BCUT2D eigenvalue weighted by molar-refractivity contribution is -0.138. The zero-order chi connectivity index (χ0) is 18.6. The summed E-state index contributed by atoms with van der Waals surface area (Å²) in [4.78, 5) is 23.2. The second-order valence-electron chi connectivity index (χ2n) is 6.00.